The quantitative estimate of drug-likeness (QED) is 0.769. The van der Waals surface area contributed by atoms with Crippen LogP contribution in [0.3, 0.4) is 0 Å². The number of fused-ring (bicyclic) bond motifs is 1. The number of carbonyl (C=O) groups is 1. The number of nitrogens with two attached hydrogens (primary N) is 1. The maximum Gasteiger partial charge on any atom is 0.237 e. The van der Waals surface area contributed by atoms with Crippen molar-refractivity contribution < 1.29 is 4.79 Å². The molecule has 0 saturated heterocycles. The molecular weight excluding hydrogens is 240 g/mol. The van der Waals surface area contributed by atoms with Gasteiger partial charge in [0.1, 0.15) is 12.4 Å². The first-order chi connectivity index (χ1) is 9.25. The van der Waals surface area contributed by atoms with Gasteiger partial charge in [-0.05, 0) is 24.3 Å². The Balaban J connectivity index is 2.26. The summed E-state index contributed by atoms with van der Waals surface area (Å²) in [6.07, 6.45) is 3.42. The molecule has 5 nitrogen and oxygen atoms in total. The van der Waals surface area contributed by atoms with E-state index in [1.807, 2.05) is 41.0 Å². The summed E-state index contributed by atoms with van der Waals surface area (Å²) in [6, 6.07) is 11.4. The smallest absolute Gasteiger partial charge is 0.237 e. The first-order valence-corrected chi connectivity index (χ1v) is 5.89. The number of benzene rings is 1. The fourth-order valence-corrected chi connectivity index (χ4v) is 2.11. The summed E-state index contributed by atoms with van der Waals surface area (Å²) in [5.74, 6) is 0.307. The molecule has 1 aromatic carbocycles. The predicted molar refractivity (Wildman–Crippen MR) is 72.2 cm³/mol. The average molecular weight is 252 g/mol. The topological polar surface area (TPSA) is 73.8 Å². The van der Waals surface area contributed by atoms with Crippen molar-refractivity contribution in [2.45, 2.75) is 6.54 Å². The number of pyridine rings is 1. The SMILES string of the molecule is NC(=O)Cn1c(-c2cccnc2)nc2ccccc21. The van der Waals surface area contributed by atoms with Crippen LogP contribution < -0.4 is 5.73 Å². The van der Waals surface area contributed by atoms with E-state index in [9.17, 15) is 4.79 Å². The van der Waals surface area contributed by atoms with Crippen LogP contribution in [0.1, 0.15) is 0 Å². The number of hydrogen-bond acceptors (Lipinski definition) is 3. The van der Waals surface area contributed by atoms with Crippen LogP contribution in [0.4, 0.5) is 0 Å². The summed E-state index contributed by atoms with van der Waals surface area (Å²) in [5.41, 5.74) is 7.90. The number of carbonyl (C=O) groups excluding carboxylic acids is 1. The highest BCUT2D eigenvalue weighted by atomic mass is 16.1. The molecule has 5 heteroatoms. The molecule has 0 fully saturated rings. The molecule has 2 aromatic heterocycles. The van der Waals surface area contributed by atoms with Gasteiger partial charge in [-0.15, -0.1) is 0 Å². The van der Waals surface area contributed by atoms with Crippen LogP contribution in [-0.2, 0) is 11.3 Å². The van der Waals surface area contributed by atoms with E-state index in [-0.39, 0.29) is 6.54 Å². The Morgan fingerprint density at radius 2 is 2.05 bits per heavy atom. The van der Waals surface area contributed by atoms with Crippen LogP contribution in [0.15, 0.2) is 48.8 Å². The Hall–Kier alpha value is -2.69. The van der Waals surface area contributed by atoms with Crippen molar-refractivity contribution in [3.63, 3.8) is 0 Å². The fourth-order valence-electron chi connectivity index (χ4n) is 2.11. The lowest BCUT2D eigenvalue weighted by atomic mass is 10.2. The Morgan fingerprint density at radius 3 is 2.79 bits per heavy atom. The standard InChI is InChI=1S/C14H12N4O/c15-13(19)9-18-12-6-2-1-5-11(12)17-14(18)10-4-3-7-16-8-10/h1-8H,9H2,(H2,15,19). The molecule has 19 heavy (non-hydrogen) atoms. The fraction of sp³-hybridized carbons (Fsp3) is 0.0714. The summed E-state index contributed by atoms with van der Waals surface area (Å²) in [6.45, 7) is 0.102. The first-order valence-electron chi connectivity index (χ1n) is 5.89. The summed E-state index contributed by atoms with van der Waals surface area (Å²) >= 11 is 0. The Morgan fingerprint density at radius 1 is 1.21 bits per heavy atom. The van der Waals surface area contributed by atoms with E-state index in [0.29, 0.717) is 5.82 Å². The van der Waals surface area contributed by atoms with Gasteiger partial charge in [0.25, 0.3) is 0 Å². The van der Waals surface area contributed by atoms with Crippen molar-refractivity contribution in [3.05, 3.63) is 48.8 Å². The van der Waals surface area contributed by atoms with Gasteiger partial charge in [-0.25, -0.2) is 4.98 Å². The molecule has 0 bridgehead atoms. The van der Waals surface area contributed by atoms with E-state index in [4.69, 9.17) is 5.73 Å². The third kappa shape index (κ3) is 2.06. The average Bonchev–Trinajstić information content (AvgIpc) is 2.78. The lowest BCUT2D eigenvalue weighted by Gasteiger charge is -2.06. The molecule has 3 rings (SSSR count). The molecule has 0 aliphatic carbocycles. The third-order valence-electron chi connectivity index (χ3n) is 2.89. The first kappa shape index (κ1) is 11.4. The number of para-hydroxylation sites is 2. The molecule has 2 N–H and O–H groups in total. The minimum Gasteiger partial charge on any atom is -0.368 e. The molecule has 3 aromatic rings. The predicted octanol–water partition coefficient (Wildman–Crippen LogP) is 1.58. The van der Waals surface area contributed by atoms with Crippen LogP contribution in [0, 0.1) is 0 Å². The van der Waals surface area contributed by atoms with Gasteiger partial charge in [0.15, 0.2) is 0 Å². The van der Waals surface area contributed by atoms with Crippen LogP contribution in [0.2, 0.25) is 0 Å². The zero-order chi connectivity index (χ0) is 13.2. The summed E-state index contributed by atoms with van der Waals surface area (Å²) < 4.78 is 1.81. The molecule has 0 saturated carbocycles. The van der Waals surface area contributed by atoms with Gasteiger partial charge < -0.3 is 10.3 Å². The van der Waals surface area contributed by atoms with Gasteiger partial charge in [0, 0.05) is 18.0 Å². The molecule has 1 amide bonds. The number of amides is 1. The number of aromatic nitrogens is 3. The monoisotopic (exact) mass is 252 g/mol. The number of hydrogen-bond donors (Lipinski definition) is 1. The third-order valence-corrected chi connectivity index (χ3v) is 2.89. The Bertz CT molecular complexity index is 734. The maximum absolute atomic E-state index is 11.3. The number of primary amides is 1. The Labute approximate surface area is 109 Å². The van der Waals surface area contributed by atoms with E-state index in [1.54, 1.807) is 12.4 Å². The van der Waals surface area contributed by atoms with Gasteiger partial charge in [0.05, 0.1) is 11.0 Å². The normalized spacial score (nSPS) is 10.7. The van der Waals surface area contributed by atoms with Crippen LogP contribution in [0.25, 0.3) is 22.4 Å². The van der Waals surface area contributed by atoms with E-state index in [2.05, 4.69) is 9.97 Å². The van der Waals surface area contributed by atoms with Crippen LogP contribution in [-0.4, -0.2) is 20.4 Å². The van der Waals surface area contributed by atoms with Gasteiger partial charge in [-0.3, -0.25) is 9.78 Å². The molecule has 0 spiro atoms. The lowest BCUT2D eigenvalue weighted by molar-refractivity contribution is -0.118. The summed E-state index contributed by atoms with van der Waals surface area (Å²) in [4.78, 5) is 19.9. The largest absolute Gasteiger partial charge is 0.368 e. The van der Waals surface area contributed by atoms with Crippen molar-refractivity contribution in [1.29, 1.82) is 0 Å². The summed E-state index contributed by atoms with van der Waals surface area (Å²) in [5, 5.41) is 0. The van der Waals surface area contributed by atoms with Crippen LogP contribution >= 0.6 is 0 Å². The second-order valence-corrected chi connectivity index (χ2v) is 4.22. The van der Waals surface area contributed by atoms with Crippen molar-refractivity contribution in [2.24, 2.45) is 5.73 Å². The molecular formula is C14H12N4O. The summed E-state index contributed by atoms with van der Waals surface area (Å²) in [7, 11) is 0. The lowest BCUT2D eigenvalue weighted by Crippen LogP contribution is -2.19. The number of nitrogens with zero attached hydrogens (tertiary/aromatic N) is 3. The van der Waals surface area contributed by atoms with Crippen molar-refractivity contribution in [1.82, 2.24) is 14.5 Å². The van der Waals surface area contributed by atoms with Gasteiger partial charge >= 0.3 is 0 Å². The molecule has 0 aliphatic rings. The van der Waals surface area contributed by atoms with E-state index >= 15 is 0 Å². The van der Waals surface area contributed by atoms with E-state index in [0.717, 1.165) is 16.6 Å². The maximum atomic E-state index is 11.3. The molecule has 0 atom stereocenters. The molecule has 0 radical (unpaired) electrons. The van der Waals surface area contributed by atoms with Gasteiger partial charge in [0.2, 0.25) is 5.91 Å². The second-order valence-electron chi connectivity index (χ2n) is 4.22. The second kappa shape index (κ2) is 4.53. The minimum atomic E-state index is -0.395. The Kier molecular flexibility index (Phi) is 2.72. The molecule has 2 heterocycles. The number of imidazole rings is 1. The van der Waals surface area contributed by atoms with Crippen molar-refractivity contribution in [2.75, 3.05) is 0 Å². The van der Waals surface area contributed by atoms with Gasteiger partial charge in [-0.2, -0.15) is 0 Å². The highest BCUT2D eigenvalue weighted by Crippen LogP contribution is 2.23. The molecule has 0 unspecified atom stereocenters. The molecule has 0 aliphatic heterocycles. The zero-order valence-corrected chi connectivity index (χ0v) is 10.2. The number of rotatable bonds is 3. The van der Waals surface area contributed by atoms with Crippen molar-refractivity contribution in [3.8, 4) is 11.4 Å². The highest BCUT2D eigenvalue weighted by molar-refractivity contribution is 5.83. The van der Waals surface area contributed by atoms with Crippen molar-refractivity contribution >= 4 is 16.9 Å². The van der Waals surface area contributed by atoms with E-state index in [1.165, 1.54) is 0 Å². The van der Waals surface area contributed by atoms with Gasteiger partial charge in [-0.1, -0.05) is 12.1 Å². The zero-order valence-electron chi connectivity index (χ0n) is 10.2. The highest BCUT2D eigenvalue weighted by Gasteiger charge is 2.13. The molecule has 94 valence electrons. The van der Waals surface area contributed by atoms with E-state index < -0.39 is 5.91 Å². The minimum absolute atomic E-state index is 0.102. The van der Waals surface area contributed by atoms with Crippen LogP contribution in [0.5, 0.6) is 0 Å².